The number of fused-ring (bicyclic) bond motifs is 1. The van der Waals surface area contributed by atoms with Crippen molar-refractivity contribution in [2.45, 2.75) is 13.5 Å². The molecule has 0 atom stereocenters. The van der Waals surface area contributed by atoms with Crippen LogP contribution in [0.2, 0.25) is 0 Å². The molecule has 32 heavy (non-hydrogen) atoms. The van der Waals surface area contributed by atoms with Crippen molar-refractivity contribution < 1.29 is 32.7 Å². The Morgan fingerprint density at radius 2 is 1.69 bits per heavy atom. The molecule has 2 aromatic heterocycles. The summed E-state index contributed by atoms with van der Waals surface area (Å²) in [5.74, 6) is -1.72. The monoisotopic (exact) mass is 433 g/mol. The first kappa shape index (κ1) is 20.9. The number of nitrogens with one attached hydrogen (secondary N) is 1. The molecule has 2 heterocycles. The molecule has 4 rings (SSSR count). The molecule has 8 nitrogen and oxygen atoms in total. The number of furan rings is 2. The number of hydrogen-bond acceptors (Lipinski definition) is 7. The molecule has 0 saturated carbocycles. The minimum absolute atomic E-state index is 0.0137. The lowest BCUT2D eigenvalue weighted by Crippen LogP contribution is -2.15. The minimum atomic E-state index is -0.680. The van der Waals surface area contributed by atoms with Gasteiger partial charge in [0.2, 0.25) is 5.76 Å². The number of benzene rings is 2. The topological polar surface area (TPSA) is 108 Å². The number of amides is 1. The standard InChI is InChI=1S/C24H19NO7/c1-2-29-24(28)21-17(15-8-4-6-11-19(15)32-21)14-31-23(27)16-9-3-5-10-18(16)25-22(26)20-12-7-13-30-20/h3-13H,2,14H2,1H3,(H,25,26). The molecule has 0 aliphatic carbocycles. The fourth-order valence-corrected chi connectivity index (χ4v) is 3.18. The van der Waals surface area contributed by atoms with Gasteiger partial charge in [-0.05, 0) is 37.3 Å². The van der Waals surface area contributed by atoms with E-state index in [1.807, 2.05) is 0 Å². The number of ether oxygens (including phenoxy) is 2. The van der Waals surface area contributed by atoms with E-state index in [0.717, 1.165) is 0 Å². The van der Waals surface area contributed by atoms with Gasteiger partial charge in [-0.15, -0.1) is 0 Å². The number of anilines is 1. The Hall–Kier alpha value is -4.33. The highest BCUT2D eigenvalue weighted by molar-refractivity contribution is 6.06. The number of esters is 2. The van der Waals surface area contributed by atoms with Gasteiger partial charge >= 0.3 is 11.9 Å². The quantitative estimate of drug-likeness (QED) is 0.417. The van der Waals surface area contributed by atoms with Crippen molar-refractivity contribution >= 4 is 34.5 Å². The van der Waals surface area contributed by atoms with Gasteiger partial charge in [0.15, 0.2) is 5.76 Å². The van der Waals surface area contributed by atoms with E-state index in [2.05, 4.69) is 5.32 Å². The zero-order valence-corrected chi connectivity index (χ0v) is 17.1. The molecule has 4 aromatic rings. The summed E-state index contributed by atoms with van der Waals surface area (Å²) in [7, 11) is 0. The molecule has 162 valence electrons. The van der Waals surface area contributed by atoms with Crippen LogP contribution >= 0.6 is 0 Å². The van der Waals surface area contributed by atoms with Gasteiger partial charge in [0, 0.05) is 5.39 Å². The Bertz CT molecular complexity index is 1270. The summed E-state index contributed by atoms with van der Waals surface area (Å²) in [6.45, 7) is 1.65. The maximum atomic E-state index is 12.8. The molecule has 0 saturated heterocycles. The fourth-order valence-electron chi connectivity index (χ4n) is 3.18. The van der Waals surface area contributed by atoms with Crippen molar-refractivity contribution in [1.29, 1.82) is 0 Å². The van der Waals surface area contributed by atoms with E-state index in [1.54, 1.807) is 55.5 Å². The molecular weight excluding hydrogens is 414 g/mol. The van der Waals surface area contributed by atoms with Gasteiger partial charge < -0.3 is 23.6 Å². The van der Waals surface area contributed by atoms with Crippen LogP contribution in [0.5, 0.6) is 0 Å². The molecule has 0 spiro atoms. The lowest BCUT2D eigenvalue weighted by atomic mass is 10.1. The van der Waals surface area contributed by atoms with Gasteiger partial charge in [-0.2, -0.15) is 0 Å². The van der Waals surface area contributed by atoms with Crippen LogP contribution in [-0.4, -0.2) is 24.5 Å². The van der Waals surface area contributed by atoms with Crippen LogP contribution in [0.25, 0.3) is 11.0 Å². The highest BCUT2D eigenvalue weighted by Gasteiger charge is 2.24. The zero-order chi connectivity index (χ0) is 22.5. The Morgan fingerprint density at radius 3 is 2.47 bits per heavy atom. The minimum Gasteiger partial charge on any atom is -0.460 e. The molecule has 0 radical (unpaired) electrons. The number of hydrogen-bond donors (Lipinski definition) is 1. The van der Waals surface area contributed by atoms with Crippen molar-refractivity contribution in [2.24, 2.45) is 0 Å². The third kappa shape index (κ3) is 4.24. The van der Waals surface area contributed by atoms with Crippen molar-refractivity contribution in [1.82, 2.24) is 0 Å². The normalized spacial score (nSPS) is 10.7. The van der Waals surface area contributed by atoms with E-state index >= 15 is 0 Å². The van der Waals surface area contributed by atoms with Crippen LogP contribution in [0.4, 0.5) is 5.69 Å². The third-order valence-electron chi connectivity index (χ3n) is 4.65. The summed E-state index contributed by atoms with van der Waals surface area (Å²) in [5.41, 5.74) is 1.30. The smallest absolute Gasteiger partial charge is 0.374 e. The molecule has 0 unspecified atom stereocenters. The number of para-hydroxylation sites is 2. The van der Waals surface area contributed by atoms with E-state index in [9.17, 15) is 14.4 Å². The van der Waals surface area contributed by atoms with Crippen molar-refractivity contribution in [3.05, 3.63) is 89.6 Å². The summed E-state index contributed by atoms with van der Waals surface area (Å²) in [6.07, 6.45) is 1.38. The van der Waals surface area contributed by atoms with Gasteiger partial charge in [-0.25, -0.2) is 9.59 Å². The largest absolute Gasteiger partial charge is 0.460 e. The molecule has 1 amide bonds. The number of carbonyl (C=O) groups is 3. The lowest BCUT2D eigenvalue weighted by Gasteiger charge is -2.10. The maximum Gasteiger partial charge on any atom is 0.374 e. The van der Waals surface area contributed by atoms with Gasteiger partial charge in [0.1, 0.15) is 12.2 Å². The second-order valence-electron chi connectivity index (χ2n) is 6.68. The molecule has 2 aromatic carbocycles. The van der Waals surface area contributed by atoms with Crippen LogP contribution in [0, 0.1) is 0 Å². The summed E-state index contributed by atoms with van der Waals surface area (Å²) in [4.78, 5) is 37.5. The predicted molar refractivity (Wildman–Crippen MR) is 114 cm³/mol. The first-order valence-electron chi connectivity index (χ1n) is 9.87. The summed E-state index contributed by atoms with van der Waals surface area (Å²) < 4.78 is 21.3. The second-order valence-corrected chi connectivity index (χ2v) is 6.68. The van der Waals surface area contributed by atoms with E-state index in [4.69, 9.17) is 18.3 Å². The van der Waals surface area contributed by atoms with Gasteiger partial charge in [-0.3, -0.25) is 4.79 Å². The van der Waals surface area contributed by atoms with E-state index in [1.165, 1.54) is 18.4 Å². The van der Waals surface area contributed by atoms with Crippen LogP contribution < -0.4 is 5.32 Å². The number of carbonyl (C=O) groups excluding carboxylic acids is 3. The lowest BCUT2D eigenvalue weighted by molar-refractivity contribution is 0.0436. The molecule has 8 heteroatoms. The maximum absolute atomic E-state index is 12.8. The van der Waals surface area contributed by atoms with E-state index in [-0.39, 0.29) is 36.0 Å². The van der Waals surface area contributed by atoms with E-state index in [0.29, 0.717) is 16.5 Å². The Labute approximate surface area is 182 Å². The highest BCUT2D eigenvalue weighted by Crippen LogP contribution is 2.28. The summed E-state index contributed by atoms with van der Waals surface area (Å²) >= 11 is 0. The Kier molecular flexibility index (Phi) is 6.03. The first-order valence-corrected chi connectivity index (χ1v) is 9.87. The Morgan fingerprint density at radius 1 is 0.906 bits per heavy atom. The van der Waals surface area contributed by atoms with Crippen molar-refractivity contribution in [3.63, 3.8) is 0 Å². The fraction of sp³-hybridized carbons (Fsp3) is 0.125. The van der Waals surface area contributed by atoms with Crippen LogP contribution in [-0.2, 0) is 16.1 Å². The first-order chi connectivity index (χ1) is 15.6. The third-order valence-corrected chi connectivity index (χ3v) is 4.65. The van der Waals surface area contributed by atoms with Crippen LogP contribution in [0.15, 0.2) is 75.8 Å². The average Bonchev–Trinajstić information content (AvgIpc) is 3.46. The van der Waals surface area contributed by atoms with E-state index < -0.39 is 17.8 Å². The van der Waals surface area contributed by atoms with Crippen molar-refractivity contribution in [2.75, 3.05) is 11.9 Å². The highest BCUT2D eigenvalue weighted by atomic mass is 16.5. The second kappa shape index (κ2) is 9.22. The predicted octanol–water partition coefficient (Wildman–Crippen LogP) is 4.81. The molecule has 0 aliphatic heterocycles. The SMILES string of the molecule is CCOC(=O)c1oc2ccccc2c1COC(=O)c1ccccc1NC(=O)c1ccco1. The summed E-state index contributed by atoms with van der Waals surface area (Å²) in [6, 6.07) is 16.6. The van der Waals surface area contributed by atoms with Gasteiger partial charge in [-0.1, -0.05) is 30.3 Å². The Balaban J connectivity index is 1.56. The molecule has 0 fully saturated rings. The molecule has 0 aliphatic rings. The molecule has 1 N–H and O–H groups in total. The van der Waals surface area contributed by atoms with Crippen molar-refractivity contribution in [3.8, 4) is 0 Å². The van der Waals surface area contributed by atoms with Crippen LogP contribution in [0.3, 0.4) is 0 Å². The van der Waals surface area contributed by atoms with Gasteiger partial charge in [0.05, 0.1) is 29.7 Å². The molecular formula is C24H19NO7. The van der Waals surface area contributed by atoms with Gasteiger partial charge in [0.25, 0.3) is 5.91 Å². The number of rotatable bonds is 7. The zero-order valence-electron chi connectivity index (χ0n) is 17.1. The summed E-state index contributed by atoms with van der Waals surface area (Å²) in [5, 5.41) is 3.28. The van der Waals surface area contributed by atoms with Crippen LogP contribution in [0.1, 0.15) is 44.0 Å². The molecule has 0 bridgehead atoms. The average molecular weight is 433 g/mol.